The number of piperidine rings is 1. The van der Waals surface area contributed by atoms with Crippen LogP contribution in [-0.4, -0.2) is 52.2 Å². The summed E-state index contributed by atoms with van der Waals surface area (Å²) in [4.78, 5) is -0.0749. The van der Waals surface area contributed by atoms with Crippen molar-refractivity contribution < 1.29 is 26.8 Å². The fourth-order valence-corrected chi connectivity index (χ4v) is 4.49. The smallest absolute Gasteiger partial charge is 0.175 e. The Morgan fingerprint density at radius 3 is 2.64 bits per heavy atom. The summed E-state index contributed by atoms with van der Waals surface area (Å²) in [7, 11) is -3.48. The summed E-state index contributed by atoms with van der Waals surface area (Å²) in [6.45, 7) is 5.14. The molecule has 1 aromatic heterocycles. The SMILES string of the molecule is Cc1c(COC2C3CNCC2COC3)noc1-c1ccc(S(C)(=O)=O)cc1F. The Hall–Kier alpha value is -1.81. The lowest BCUT2D eigenvalue weighted by atomic mass is 9.86. The van der Waals surface area contributed by atoms with E-state index < -0.39 is 15.7 Å². The number of rotatable bonds is 5. The maximum absolute atomic E-state index is 14.5. The lowest BCUT2D eigenvalue weighted by Gasteiger charge is -2.42. The lowest BCUT2D eigenvalue weighted by Crippen LogP contribution is -2.54. The molecule has 2 unspecified atom stereocenters. The largest absolute Gasteiger partial charge is 0.381 e. The van der Waals surface area contributed by atoms with Gasteiger partial charge < -0.3 is 19.3 Å². The van der Waals surface area contributed by atoms with Gasteiger partial charge in [0.25, 0.3) is 0 Å². The van der Waals surface area contributed by atoms with Crippen molar-refractivity contribution in [1.82, 2.24) is 10.5 Å². The highest BCUT2D eigenvalue weighted by Crippen LogP contribution is 2.31. The first-order valence-corrected chi connectivity index (χ1v) is 11.1. The molecule has 1 aromatic carbocycles. The number of halogens is 1. The van der Waals surface area contributed by atoms with Gasteiger partial charge in [-0.3, -0.25) is 0 Å². The molecule has 9 heteroatoms. The number of hydrogen-bond donors (Lipinski definition) is 1. The van der Waals surface area contributed by atoms with Gasteiger partial charge in [-0.1, -0.05) is 5.16 Å². The first-order valence-electron chi connectivity index (χ1n) is 9.20. The molecule has 7 nitrogen and oxygen atoms in total. The average molecular weight is 410 g/mol. The van der Waals surface area contributed by atoms with Gasteiger partial charge in [0.15, 0.2) is 15.6 Å². The molecule has 2 fully saturated rings. The fraction of sp³-hybridized carbons (Fsp3) is 0.526. The van der Waals surface area contributed by atoms with Crippen LogP contribution in [0.25, 0.3) is 11.3 Å². The second kappa shape index (κ2) is 7.55. The minimum Gasteiger partial charge on any atom is -0.381 e. The molecule has 2 bridgehead atoms. The highest BCUT2D eigenvalue weighted by atomic mass is 32.2. The van der Waals surface area contributed by atoms with E-state index in [4.69, 9.17) is 14.0 Å². The Balaban J connectivity index is 1.52. The number of sulfone groups is 1. The second-order valence-electron chi connectivity index (χ2n) is 7.49. The molecule has 152 valence electrons. The van der Waals surface area contributed by atoms with Crippen LogP contribution in [0.4, 0.5) is 4.39 Å². The number of aromatic nitrogens is 1. The van der Waals surface area contributed by atoms with Crippen molar-refractivity contribution in [3.8, 4) is 11.3 Å². The predicted molar refractivity (Wildman–Crippen MR) is 99.0 cm³/mol. The quantitative estimate of drug-likeness (QED) is 0.806. The normalized spacial score (nSPS) is 25.0. The minimum atomic E-state index is -3.48. The van der Waals surface area contributed by atoms with Crippen molar-refractivity contribution in [3.63, 3.8) is 0 Å². The van der Waals surface area contributed by atoms with Crippen molar-refractivity contribution in [2.75, 3.05) is 32.6 Å². The van der Waals surface area contributed by atoms with Gasteiger partial charge in [-0.05, 0) is 25.1 Å². The number of hydrogen-bond acceptors (Lipinski definition) is 7. The number of ether oxygens (including phenoxy) is 2. The fourth-order valence-electron chi connectivity index (χ4n) is 3.86. The number of fused-ring (bicyclic) bond motifs is 2. The Bertz CT molecular complexity index is 953. The van der Waals surface area contributed by atoms with Gasteiger partial charge in [0.1, 0.15) is 11.5 Å². The Kier molecular flexibility index (Phi) is 5.26. The van der Waals surface area contributed by atoms with Crippen LogP contribution in [0, 0.1) is 24.6 Å². The van der Waals surface area contributed by atoms with Gasteiger partial charge in [-0.2, -0.15) is 0 Å². The van der Waals surface area contributed by atoms with Gasteiger partial charge in [0, 0.05) is 36.7 Å². The van der Waals surface area contributed by atoms with Crippen molar-refractivity contribution in [2.45, 2.75) is 24.5 Å². The molecular formula is C19H23FN2O5S. The van der Waals surface area contributed by atoms with Crippen molar-refractivity contribution in [2.24, 2.45) is 11.8 Å². The van der Waals surface area contributed by atoms with E-state index in [9.17, 15) is 12.8 Å². The third-order valence-corrected chi connectivity index (χ3v) is 6.56. The van der Waals surface area contributed by atoms with Crippen LogP contribution >= 0.6 is 0 Å². The molecule has 4 rings (SSSR count). The van der Waals surface area contributed by atoms with Crippen molar-refractivity contribution in [1.29, 1.82) is 0 Å². The summed E-state index contributed by atoms with van der Waals surface area (Å²) < 4.78 is 54.8. The van der Waals surface area contributed by atoms with Gasteiger partial charge in [0.2, 0.25) is 0 Å². The molecule has 3 heterocycles. The van der Waals surface area contributed by atoms with Crippen molar-refractivity contribution >= 4 is 9.84 Å². The molecule has 2 atom stereocenters. The minimum absolute atomic E-state index is 0.0749. The number of nitrogens with zero attached hydrogens (tertiary/aromatic N) is 1. The molecule has 2 aromatic rings. The van der Waals surface area contributed by atoms with E-state index in [0.29, 0.717) is 36.3 Å². The molecule has 1 N–H and O–H groups in total. The highest BCUT2D eigenvalue weighted by molar-refractivity contribution is 7.90. The molecule has 28 heavy (non-hydrogen) atoms. The van der Waals surface area contributed by atoms with Crippen LogP contribution in [0.15, 0.2) is 27.6 Å². The van der Waals surface area contributed by atoms with Gasteiger partial charge in [-0.15, -0.1) is 0 Å². The van der Waals surface area contributed by atoms with E-state index in [1.807, 2.05) is 0 Å². The summed E-state index contributed by atoms with van der Waals surface area (Å²) in [6.07, 6.45) is 1.14. The summed E-state index contributed by atoms with van der Waals surface area (Å²) in [5, 5.41) is 7.45. The molecular weight excluding hydrogens is 387 g/mol. The first-order chi connectivity index (χ1) is 13.3. The summed E-state index contributed by atoms with van der Waals surface area (Å²) >= 11 is 0. The second-order valence-corrected chi connectivity index (χ2v) is 9.50. The molecule has 0 amide bonds. The number of benzene rings is 1. The van der Waals surface area contributed by atoms with E-state index in [1.54, 1.807) is 6.92 Å². The van der Waals surface area contributed by atoms with E-state index >= 15 is 0 Å². The third kappa shape index (κ3) is 3.71. The van der Waals surface area contributed by atoms with Crippen molar-refractivity contribution in [3.05, 3.63) is 35.3 Å². The lowest BCUT2D eigenvalue weighted by molar-refractivity contribution is -0.131. The van der Waals surface area contributed by atoms with Crippen LogP contribution in [0.3, 0.4) is 0 Å². The van der Waals surface area contributed by atoms with Crippen LogP contribution in [0.2, 0.25) is 0 Å². The predicted octanol–water partition coefficient (Wildman–Crippen LogP) is 1.94. The molecule has 0 saturated carbocycles. The summed E-state index contributed by atoms with van der Waals surface area (Å²) in [5.74, 6) is 0.227. The third-order valence-electron chi connectivity index (χ3n) is 5.45. The molecule has 2 aliphatic rings. The Labute approximate surface area is 163 Å². The summed E-state index contributed by atoms with van der Waals surface area (Å²) in [5.41, 5.74) is 1.47. The van der Waals surface area contributed by atoms with Crippen LogP contribution in [-0.2, 0) is 25.9 Å². The van der Waals surface area contributed by atoms with E-state index in [2.05, 4.69) is 10.5 Å². The molecule has 0 radical (unpaired) electrons. The monoisotopic (exact) mass is 410 g/mol. The Morgan fingerprint density at radius 1 is 1.29 bits per heavy atom. The molecule has 2 aliphatic heterocycles. The zero-order chi connectivity index (χ0) is 19.9. The van der Waals surface area contributed by atoms with Gasteiger partial charge in [-0.25, -0.2) is 12.8 Å². The van der Waals surface area contributed by atoms with Crippen LogP contribution < -0.4 is 5.32 Å². The van der Waals surface area contributed by atoms with Crippen LogP contribution in [0.5, 0.6) is 0 Å². The van der Waals surface area contributed by atoms with E-state index in [0.717, 1.165) is 25.4 Å². The zero-order valence-electron chi connectivity index (χ0n) is 15.8. The average Bonchev–Trinajstić information content (AvgIpc) is 2.99. The maximum atomic E-state index is 14.5. The van der Waals surface area contributed by atoms with Gasteiger partial charge >= 0.3 is 0 Å². The van der Waals surface area contributed by atoms with E-state index in [-0.39, 0.29) is 28.9 Å². The standard InChI is InChI=1S/C19H23FN2O5S/c1-11-17(10-26-19-12-6-21-7-13(19)9-25-8-12)22-27-18(11)15-4-3-14(5-16(15)20)28(2,23)24/h3-5,12-13,19,21H,6-10H2,1-2H3. The number of nitrogens with one attached hydrogen (secondary N) is 1. The molecule has 0 aliphatic carbocycles. The Morgan fingerprint density at radius 2 is 2.00 bits per heavy atom. The van der Waals surface area contributed by atoms with Crippen LogP contribution in [0.1, 0.15) is 11.3 Å². The molecule has 0 spiro atoms. The molecule has 2 saturated heterocycles. The zero-order valence-corrected chi connectivity index (χ0v) is 16.6. The topological polar surface area (TPSA) is 90.7 Å². The summed E-state index contributed by atoms with van der Waals surface area (Å²) in [6, 6.07) is 3.76. The maximum Gasteiger partial charge on any atom is 0.175 e. The van der Waals surface area contributed by atoms with E-state index in [1.165, 1.54) is 12.1 Å². The highest BCUT2D eigenvalue weighted by Gasteiger charge is 2.38. The first kappa shape index (κ1) is 19.5. The van der Waals surface area contributed by atoms with Gasteiger partial charge in [0.05, 0.1) is 36.4 Å².